The van der Waals surface area contributed by atoms with Gasteiger partial charge >= 0.3 is 6.09 Å². The summed E-state index contributed by atoms with van der Waals surface area (Å²) >= 11 is 5.01. The van der Waals surface area contributed by atoms with E-state index in [1.54, 1.807) is 0 Å². The van der Waals surface area contributed by atoms with Crippen LogP contribution in [0.4, 0.5) is 4.79 Å². The predicted molar refractivity (Wildman–Crippen MR) is 90.2 cm³/mol. The molecule has 5 heteroatoms. The second kappa shape index (κ2) is 7.78. The van der Waals surface area contributed by atoms with Crippen LogP contribution >= 0.6 is 12.2 Å². The lowest BCUT2D eigenvalue weighted by Crippen LogP contribution is -2.32. The normalized spacial score (nSPS) is 11.4. The minimum absolute atomic E-state index is 0.377. The molecule has 1 aromatic rings. The lowest BCUT2D eigenvalue weighted by atomic mass is 10.1. The van der Waals surface area contributed by atoms with Crippen molar-refractivity contribution in [2.75, 3.05) is 6.54 Å². The zero-order valence-corrected chi connectivity index (χ0v) is 13.5. The summed E-state index contributed by atoms with van der Waals surface area (Å²) in [5.41, 5.74) is 7.02. The summed E-state index contributed by atoms with van der Waals surface area (Å²) in [6.45, 7) is 6.01. The standard InChI is InChI=1S/C16H22N2O2S/c1-16(2,3)20-15(19)18-11-7-6-9-12-8-4-5-10-13(12)14(17)21/h4-6,8-10H,7,11H2,1-3H3,(H2,17,21)(H,18,19). The zero-order chi connectivity index (χ0) is 15.9. The monoisotopic (exact) mass is 306 g/mol. The van der Waals surface area contributed by atoms with E-state index in [1.807, 2.05) is 57.2 Å². The lowest BCUT2D eigenvalue weighted by Gasteiger charge is -2.19. The molecule has 0 atom stereocenters. The Balaban J connectivity index is 2.43. The predicted octanol–water partition coefficient (Wildman–Crippen LogP) is 3.25. The fourth-order valence-electron chi connectivity index (χ4n) is 1.65. The number of nitrogens with two attached hydrogens (primary N) is 1. The van der Waals surface area contributed by atoms with Crippen molar-refractivity contribution in [2.45, 2.75) is 32.8 Å². The van der Waals surface area contributed by atoms with Gasteiger partial charge in [0.05, 0.1) is 0 Å². The summed E-state index contributed by atoms with van der Waals surface area (Å²) in [6, 6.07) is 7.67. The number of ether oxygens (including phenoxy) is 1. The molecule has 0 heterocycles. The van der Waals surface area contributed by atoms with Crippen molar-refractivity contribution >= 4 is 29.4 Å². The Labute approximate surface area is 131 Å². The highest BCUT2D eigenvalue weighted by Gasteiger charge is 2.15. The smallest absolute Gasteiger partial charge is 0.407 e. The summed E-state index contributed by atoms with van der Waals surface area (Å²) in [6.07, 6.45) is 4.21. The second-order valence-electron chi connectivity index (χ2n) is 5.57. The van der Waals surface area contributed by atoms with Gasteiger partial charge in [0.25, 0.3) is 0 Å². The first-order valence-electron chi connectivity index (χ1n) is 6.82. The van der Waals surface area contributed by atoms with Gasteiger partial charge in [-0.3, -0.25) is 0 Å². The van der Waals surface area contributed by atoms with Crippen molar-refractivity contribution in [3.05, 3.63) is 41.5 Å². The average molecular weight is 306 g/mol. The molecule has 0 fully saturated rings. The fourth-order valence-corrected chi connectivity index (χ4v) is 1.83. The summed E-state index contributed by atoms with van der Waals surface area (Å²) in [5, 5.41) is 2.70. The summed E-state index contributed by atoms with van der Waals surface area (Å²) in [4.78, 5) is 11.8. The minimum atomic E-state index is -0.477. The van der Waals surface area contributed by atoms with Crippen LogP contribution in [0.25, 0.3) is 6.08 Å². The molecule has 0 aromatic heterocycles. The number of alkyl carbamates (subject to hydrolysis) is 1. The molecule has 1 rings (SSSR count). The van der Waals surface area contributed by atoms with Crippen LogP contribution in [0, 0.1) is 0 Å². The maximum absolute atomic E-state index is 11.4. The van der Waals surface area contributed by atoms with Gasteiger partial charge in [0.15, 0.2) is 0 Å². The Kier molecular flexibility index (Phi) is 6.37. The Hall–Kier alpha value is -1.88. The molecule has 0 aliphatic rings. The van der Waals surface area contributed by atoms with Crippen molar-refractivity contribution in [3.63, 3.8) is 0 Å². The molecule has 21 heavy (non-hydrogen) atoms. The van der Waals surface area contributed by atoms with E-state index in [1.165, 1.54) is 0 Å². The van der Waals surface area contributed by atoms with Crippen LogP contribution < -0.4 is 11.1 Å². The topological polar surface area (TPSA) is 64.3 Å². The molecule has 0 saturated carbocycles. The van der Waals surface area contributed by atoms with E-state index in [4.69, 9.17) is 22.7 Å². The van der Waals surface area contributed by atoms with Gasteiger partial charge in [0.2, 0.25) is 0 Å². The first-order valence-corrected chi connectivity index (χ1v) is 7.22. The molecule has 0 aliphatic heterocycles. The third-order valence-electron chi connectivity index (χ3n) is 2.50. The van der Waals surface area contributed by atoms with Gasteiger partial charge in [-0.05, 0) is 32.8 Å². The third kappa shape index (κ3) is 6.90. The Morgan fingerprint density at radius 1 is 1.38 bits per heavy atom. The third-order valence-corrected chi connectivity index (χ3v) is 2.72. The molecule has 0 spiro atoms. The van der Waals surface area contributed by atoms with Crippen LogP contribution in [0.2, 0.25) is 0 Å². The number of rotatable bonds is 5. The number of carbonyl (C=O) groups excluding carboxylic acids is 1. The van der Waals surface area contributed by atoms with Gasteiger partial charge in [-0.15, -0.1) is 0 Å². The number of hydrogen-bond donors (Lipinski definition) is 2. The van der Waals surface area contributed by atoms with Crippen molar-refractivity contribution in [2.24, 2.45) is 5.73 Å². The summed E-state index contributed by atoms with van der Waals surface area (Å²) < 4.78 is 5.15. The lowest BCUT2D eigenvalue weighted by molar-refractivity contribution is 0.0529. The molecule has 0 unspecified atom stereocenters. The van der Waals surface area contributed by atoms with Crippen molar-refractivity contribution in [1.82, 2.24) is 5.32 Å². The van der Waals surface area contributed by atoms with Gasteiger partial charge in [0.1, 0.15) is 10.6 Å². The first kappa shape index (κ1) is 17.2. The Bertz CT molecular complexity index is 533. The fraction of sp³-hybridized carbons (Fsp3) is 0.375. The van der Waals surface area contributed by atoms with E-state index in [0.29, 0.717) is 18.0 Å². The van der Waals surface area contributed by atoms with E-state index in [-0.39, 0.29) is 0 Å². The molecule has 0 radical (unpaired) electrons. The van der Waals surface area contributed by atoms with Crippen LogP contribution in [0.15, 0.2) is 30.3 Å². The van der Waals surface area contributed by atoms with Crippen LogP contribution in [0.1, 0.15) is 38.3 Å². The van der Waals surface area contributed by atoms with E-state index in [9.17, 15) is 4.79 Å². The zero-order valence-electron chi connectivity index (χ0n) is 12.7. The van der Waals surface area contributed by atoms with Gasteiger partial charge in [-0.25, -0.2) is 4.79 Å². The number of thiocarbonyl (C=S) groups is 1. The number of hydrogen-bond acceptors (Lipinski definition) is 3. The highest BCUT2D eigenvalue weighted by molar-refractivity contribution is 7.80. The molecule has 3 N–H and O–H groups in total. The molecular weight excluding hydrogens is 284 g/mol. The average Bonchev–Trinajstić information content (AvgIpc) is 2.36. The molecular formula is C16H22N2O2S. The van der Waals surface area contributed by atoms with Crippen LogP contribution in [0.3, 0.4) is 0 Å². The van der Waals surface area contributed by atoms with Crippen LogP contribution in [-0.2, 0) is 4.74 Å². The van der Waals surface area contributed by atoms with E-state index >= 15 is 0 Å². The molecule has 0 saturated heterocycles. The highest BCUT2D eigenvalue weighted by Crippen LogP contribution is 2.11. The first-order chi connectivity index (χ1) is 9.79. The van der Waals surface area contributed by atoms with E-state index < -0.39 is 11.7 Å². The minimum Gasteiger partial charge on any atom is -0.444 e. The van der Waals surface area contributed by atoms with E-state index in [0.717, 1.165) is 11.1 Å². The number of nitrogens with one attached hydrogen (secondary N) is 1. The van der Waals surface area contributed by atoms with Crippen molar-refractivity contribution < 1.29 is 9.53 Å². The maximum atomic E-state index is 11.4. The van der Waals surface area contributed by atoms with E-state index in [2.05, 4.69) is 5.32 Å². The number of benzene rings is 1. The molecule has 0 bridgehead atoms. The van der Waals surface area contributed by atoms with Gasteiger partial charge in [0, 0.05) is 12.1 Å². The summed E-state index contributed by atoms with van der Waals surface area (Å²) in [7, 11) is 0. The second-order valence-corrected chi connectivity index (χ2v) is 6.01. The van der Waals surface area contributed by atoms with Crippen molar-refractivity contribution in [1.29, 1.82) is 0 Å². The summed E-state index contributed by atoms with van der Waals surface area (Å²) in [5.74, 6) is 0. The molecule has 4 nitrogen and oxygen atoms in total. The molecule has 1 amide bonds. The Morgan fingerprint density at radius 2 is 2.05 bits per heavy atom. The molecule has 114 valence electrons. The SMILES string of the molecule is CC(C)(C)OC(=O)NCCC=Cc1ccccc1C(N)=S. The van der Waals surface area contributed by atoms with Crippen molar-refractivity contribution in [3.8, 4) is 0 Å². The quantitative estimate of drug-likeness (QED) is 0.647. The van der Waals surface area contributed by atoms with Gasteiger partial charge in [-0.1, -0.05) is 48.6 Å². The van der Waals surface area contributed by atoms with Gasteiger partial charge < -0.3 is 15.8 Å². The largest absolute Gasteiger partial charge is 0.444 e. The maximum Gasteiger partial charge on any atom is 0.407 e. The van der Waals surface area contributed by atoms with Crippen LogP contribution in [0.5, 0.6) is 0 Å². The number of carbonyl (C=O) groups is 1. The van der Waals surface area contributed by atoms with Crippen LogP contribution in [-0.4, -0.2) is 23.2 Å². The number of amides is 1. The molecule has 0 aliphatic carbocycles. The van der Waals surface area contributed by atoms with Gasteiger partial charge in [-0.2, -0.15) is 0 Å². The Morgan fingerprint density at radius 3 is 2.67 bits per heavy atom. The molecule has 1 aromatic carbocycles. The highest BCUT2D eigenvalue weighted by atomic mass is 32.1.